The summed E-state index contributed by atoms with van der Waals surface area (Å²) in [5.74, 6) is 0.339. The van der Waals surface area contributed by atoms with Crippen LogP contribution in [0.3, 0.4) is 0 Å². The molecule has 0 aliphatic carbocycles. The number of nitrogens with zero attached hydrogens (tertiary/aromatic N) is 2. The molecule has 0 radical (unpaired) electrons. The maximum atomic E-state index is 12.5. The molecule has 0 saturated carbocycles. The number of benzene rings is 1. The van der Waals surface area contributed by atoms with Gasteiger partial charge in [0, 0.05) is 19.7 Å². The van der Waals surface area contributed by atoms with E-state index in [1.165, 1.54) is 6.07 Å². The van der Waals surface area contributed by atoms with E-state index in [0.29, 0.717) is 22.1 Å². The first-order chi connectivity index (χ1) is 10.3. The van der Waals surface area contributed by atoms with Crippen molar-refractivity contribution in [2.45, 2.75) is 13.8 Å². The van der Waals surface area contributed by atoms with Crippen molar-refractivity contribution in [1.82, 2.24) is 4.98 Å². The molecule has 1 aromatic carbocycles. The van der Waals surface area contributed by atoms with Crippen molar-refractivity contribution < 1.29 is 4.79 Å². The summed E-state index contributed by atoms with van der Waals surface area (Å²) in [7, 11) is 3.67. The van der Waals surface area contributed by atoms with Crippen LogP contribution in [0, 0.1) is 13.8 Å². The number of aromatic nitrogens is 1. The molecule has 0 saturated heterocycles. The van der Waals surface area contributed by atoms with Crippen LogP contribution in [0.5, 0.6) is 0 Å². The van der Waals surface area contributed by atoms with Gasteiger partial charge in [0.2, 0.25) is 0 Å². The topological polar surface area (TPSA) is 45.2 Å². The Bertz CT molecular complexity index is 706. The lowest BCUT2D eigenvalue weighted by Crippen LogP contribution is -2.16. The van der Waals surface area contributed by atoms with Crippen molar-refractivity contribution in [3.8, 4) is 0 Å². The fourth-order valence-corrected chi connectivity index (χ4v) is 2.68. The van der Waals surface area contributed by atoms with Crippen LogP contribution in [-0.2, 0) is 0 Å². The average Bonchev–Trinajstić information content (AvgIpc) is 2.41. The number of rotatable bonds is 3. The number of pyridine rings is 1. The predicted octanol–water partition coefficient (Wildman–Crippen LogP) is 4.32. The highest BCUT2D eigenvalue weighted by Gasteiger charge is 2.14. The van der Waals surface area contributed by atoms with Gasteiger partial charge in [0.1, 0.15) is 11.0 Å². The van der Waals surface area contributed by atoms with Crippen LogP contribution in [-0.4, -0.2) is 25.0 Å². The Morgan fingerprint density at radius 1 is 1.14 bits per heavy atom. The van der Waals surface area contributed by atoms with E-state index in [9.17, 15) is 4.79 Å². The number of nitrogens with one attached hydrogen (secondary N) is 1. The molecule has 0 unspecified atom stereocenters. The van der Waals surface area contributed by atoms with Gasteiger partial charge in [-0.25, -0.2) is 4.98 Å². The smallest absolute Gasteiger partial charge is 0.255 e. The predicted molar refractivity (Wildman–Crippen MR) is 92.5 cm³/mol. The van der Waals surface area contributed by atoms with E-state index < -0.39 is 0 Å². The van der Waals surface area contributed by atoms with Crippen LogP contribution in [0.25, 0.3) is 0 Å². The number of amides is 1. The molecule has 116 valence electrons. The van der Waals surface area contributed by atoms with Crippen LogP contribution >= 0.6 is 23.2 Å². The molecule has 0 aliphatic rings. The van der Waals surface area contributed by atoms with Gasteiger partial charge in [-0.15, -0.1) is 0 Å². The lowest BCUT2D eigenvalue weighted by molar-refractivity contribution is 0.102. The summed E-state index contributed by atoms with van der Waals surface area (Å²) < 4.78 is 0. The minimum Gasteiger partial charge on any atom is -0.363 e. The van der Waals surface area contributed by atoms with Gasteiger partial charge in [0.05, 0.1) is 10.7 Å². The monoisotopic (exact) mass is 337 g/mol. The maximum Gasteiger partial charge on any atom is 0.255 e. The van der Waals surface area contributed by atoms with Crippen molar-refractivity contribution in [2.24, 2.45) is 0 Å². The van der Waals surface area contributed by atoms with Crippen molar-refractivity contribution in [3.63, 3.8) is 0 Å². The standard InChI is InChI=1S/C16H17Cl2N3O/c1-9-5-10(2)15(12(17)6-9)20-16(22)11-7-13(18)19-14(8-11)21(3)4/h5-8H,1-4H3,(H,20,22). The Balaban J connectivity index is 2.34. The van der Waals surface area contributed by atoms with Crippen LogP contribution < -0.4 is 10.2 Å². The zero-order chi connectivity index (χ0) is 16.4. The second-order valence-electron chi connectivity index (χ2n) is 5.32. The van der Waals surface area contributed by atoms with Crippen molar-refractivity contribution in [1.29, 1.82) is 0 Å². The second kappa shape index (κ2) is 6.55. The molecular formula is C16H17Cl2N3O. The Labute approximate surface area is 140 Å². The molecule has 0 aliphatic heterocycles. The van der Waals surface area contributed by atoms with Gasteiger partial charge >= 0.3 is 0 Å². The Morgan fingerprint density at radius 3 is 2.41 bits per heavy atom. The second-order valence-corrected chi connectivity index (χ2v) is 6.12. The van der Waals surface area contributed by atoms with E-state index in [1.807, 2.05) is 40.1 Å². The number of aryl methyl sites for hydroxylation is 2. The van der Waals surface area contributed by atoms with E-state index in [4.69, 9.17) is 23.2 Å². The van der Waals surface area contributed by atoms with Crippen molar-refractivity contribution in [2.75, 3.05) is 24.3 Å². The summed E-state index contributed by atoms with van der Waals surface area (Å²) in [4.78, 5) is 18.4. The minimum absolute atomic E-state index is 0.267. The normalized spacial score (nSPS) is 10.5. The number of halogens is 2. The molecule has 0 spiro atoms. The van der Waals surface area contributed by atoms with Crippen LogP contribution in [0.15, 0.2) is 24.3 Å². The lowest BCUT2D eigenvalue weighted by Gasteiger charge is -2.14. The fraction of sp³-hybridized carbons (Fsp3) is 0.250. The quantitative estimate of drug-likeness (QED) is 0.848. The third kappa shape index (κ3) is 3.70. The minimum atomic E-state index is -0.277. The molecule has 0 fully saturated rings. The average molecular weight is 338 g/mol. The largest absolute Gasteiger partial charge is 0.363 e. The summed E-state index contributed by atoms with van der Waals surface area (Å²) in [6.45, 7) is 3.86. The number of hydrogen-bond acceptors (Lipinski definition) is 3. The van der Waals surface area contributed by atoms with Gasteiger partial charge in [0.25, 0.3) is 5.91 Å². The van der Waals surface area contributed by atoms with E-state index in [2.05, 4.69) is 10.3 Å². The van der Waals surface area contributed by atoms with E-state index in [-0.39, 0.29) is 11.1 Å². The molecular weight excluding hydrogens is 321 g/mol. The van der Waals surface area contributed by atoms with Crippen LogP contribution in [0.2, 0.25) is 10.2 Å². The summed E-state index contributed by atoms with van der Waals surface area (Å²) in [5, 5.41) is 3.62. The van der Waals surface area contributed by atoms with Gasteiger partial charge in [-0.3, -0.25) is 4.79 Å². The summed E-state index contributed by atoms with van der Waals surface area (Å²) in [6.07, 6.45) is 0. The molecule has 1 aromatic heterocycles. The number of anilines is 2. The van der Waals surface area contributed by atoms with Crippen molar-refractivity contribution >= 4 is 40.6 Å². The lowest BCUT2D eigenvalue weighted by atomic mass is 10.1. The van der Waals surface area contributed by atoms with Gasteiger partial charge in [-0.2, -0.15) is 0 Å². The molecule has 2 rings (SSSR count). The number of carbonyl (C=O) groups excluding carboxylic acids is 1. The SMILES string of the molecule is Cc1cc(C)c(NC(=O)c2cc(Cl)nc(N(C)C)c2)c(Cl)c1. The van der Waals surface area contributed by atoms with Crippen LogP contribution in [0.4, 0.5) is 11.5 Å². The Hall–Kier alpha value is -1.78. The Morgan fingerprint density at radius 2 is 1.82 bits per heavy atom. The third-order valence-electron chi connectivity index (χ3n) is 3.17. The van der Waals surface area contributed by atoms with E-state index in [1.54, 1.807) is 11.0 Å². The van der Waals surface area contributed by atoms with E-state index >= 15 is 0 Å². The zero-order valence-corrected chi connectivity index (χ0v) is 14.4. The molecule has 0 atom stereocenters. The van der Waals surface area contributed by atoms with Gasteiger partial charge < -0.3 is 10.2 Å². The highest BCUT2D eigenvalue weighted by Crippen LogP contribution is 2.28. The van der Waals surface area contributed by atoms with Crippen LogP contribution in [0.1, 0.15) is 21.5 Å². The maximum absolute atomic E-state index is 12.5. The number of hydrogen-bond donors (Lipinski definition) is 1. The first-order valence-electron chi connectivity index (χ1n) is 6.71. The highest BCUT2D eigenvalue weighted by molar-refractivity contribution is 6.34. The molecule has 1 N–H and O–H groups in total. The molecule has 1 heterocycles. The van der Waals surface area contributed by atoms with Gasteiger partial charge in [-0.1, -0.05) is 29.3 Å². The van der Waals surface area contributed by atoms with Gasteiger partial charge in [0.15, 0.2) is 0 Å². The molecule has 6 heteroatoms. The zero-order valence-electron chi connectivity index (χ0n) is 12.9. The molecule has 22 heavy (non-hydrogen) atoms. The first kappa shape index (κ1) is 16.6. The summed E-state index contributed by atoms with van der Waals surface area (Å²) in [6, 6.07) is 6.99. The summed E-state index contributed by atoms with van der Waals surface area (Å²) in [5.41, 5.74) is 2.99. The molecule has 2 aromatic rings. The molecule has 0 bridgehead atoms. The van der Waals surface area contributed by atoms with Gasteiger partial charge in [-0.05, 0) is 43.2 Å². The third-order valence-corrected chi connectivity index (χ3v) is 3.66. The number of carbonyl (C=O) groups is 1. The first-order valence-corrected chi connectivity index (χ1v) is 7.46. The van der Waals surface area contributed by atoms with E-state index in [0.717, 1.165) is 11.1 Å². The Kier molecular flexibility index (Phi) is 4.94. The highest BCUT2D eigenvalue weighted by atomic mass is 35.5. The molecule has 4 nitrogen and oxygen atoms in total. The van der Waals surface area contributed by atoms with Crippen molar-refractivity contribution in [3.05, 3.63) is 51.1 Å². The molecule has 1 amide bonds. The summed E-state index contributed by atoms with van der Waals surface area (Å²) >= 11 is 12.2. The fourth-order valence-electron chi connectivity index (χ4n) is 2.10.